The maximum Gasteiger partial charge on any atom is 0.507 e. The van der Waals surface area contributed by atoms with Crippen LogP contribution < -0.4 is 20.5 Å². The number of nitrogens with two attached hydrogens (primary N) is 1. The number of fused-ring (bicyclic) bond motifs is 1. The van der Waals surface area contributed by atoms with Crippen LogP contribution in [0.25, 0.3) is 0 Å². The highest BCUT2D eigenvalue weighted by atomic mass is 19.3. The van der Waals surface area contributed by atoms with Crippen LogP contribution in [0.2, 0.25) is 0 Å². The number of hydrogen-bond acceptors (Lipinski definition) is 5. The number of pyridine rings is 1. The number of halogens is 4. The molecule has 0 bridgehead atoms. The SMILES string of the molecule is Nc1cccnc1C(=O)Nc1ccc2c(c1)OC(F)(F)C(F)(F)O2. The van der Waals surface area contributed by atoms with E-state index < -0.39 is 29.6 Å². The second-order valence-corrected chi connectivity index (χ2v) is 4.79. The zero-order valence-electron chi connectivity index (χ0n) is 11.7. The van der Waals surface area contributed by atoms with E-state index in [9.17, 15) is 22.4 Å². The fourth-order valence-electron chi connectivity index (χ4n) is 1.94. The van der Waals surface area contributed by atoms with Gasteiger partial charge in [-0.1, -0.05) is 0 Å². The van der Waals surface area contributed by atoms with Crippen LogP contribution >= 0.6 is 0 Å². The maximum absolute atomic E-state index is 13.2. The summed E-state index contributed by atoms with van der Waals surface area (Å²) in [5.41, 5.74) is 5.64. The lowest BCUT2D eigenvalue weighted by molar-refractivity contribution is -0.391. The summed E-state index contributed by atoms with van der Waals surface area (Å²) >= 11 is 0. The van der Waals surface area contributed by atoms with Crippen molar-refractivity contribution in [3.8, 4) is 11.5 Å². The van der Waals surface area contributed by atoms with Crippen LogP contribution in [-0.4, -0.2) is 23.1 Å². The number of carbonyl (C=O) groups excluding carboxylic acids is 1. The van der Waals surface area contributed by atoms with Crippen LogP contribution in [0.4, 0.5) is 28.9 Å². The third kappa shape index (κ3) is 2.66. The monoisotopic (exact) mass is 343 g/mol. The number of aromatic nitrogens is 1. The minimum Gasteiger partial charge on any atom is -0.421 e. The van der Waals surface area contributed by atoms with Crippen molar-refractivity contribution >= 4 is 17.3 Å². The molecule has 0 spiro atoms. The number of carbonyl (C=O) groups is 1. The molecule has 0 unspecified atom stereocenters. The largest absolute Gasteiger partial charge is 0.507 e. The number of amides is 1. The van der Waals surface area contributed by atoms with Crippen LogP contribution in [0.1, 0.15) is 10.5 Å². The lowest BCUT2D eigenvalue weighted by atomic mass is 10.2. The minimum absolute atomic E-state index is 0.00780. The van der Waals surface area contributed by atoms with Gasteiger partial charge in [0, 0.05) is 18.0 Å². The summed E-state index contributed by atoms with van der Waals surface area (Å²) in [7, 11) is 0. The fraction of sp³-hybridized carbons (Fsp3) is 0.143. The molecule has 1 aromatic carbocycles. The first-order chi connectivity index (χ1) is 11.2. The molecular weight excluding hydrogens is 334 g/mol. The van der Waals surface area contributed by atoms with E-state index >= 15 is 0 Å². The predicted molar refractivity (Wildman–Crippen MR) is 74.2 cm³/mol. The molecule has 0 fully saturated rings. The summed E-state index contributed by atoms with van der Waals surface area (Å²) in [5, 5.41) is 2.35. The molecule has 6 nitrogen and oxygen atoms in total. The van der Waals surface area contributed by atoms with Crippen LogP contribution in [0.3, 0.4) is 0 Å². The molecule has 0 aliphatic carbocycles. The fourth-order valence-corrected chi connectivity index (χ4v) is 1.94. The van der Waals surface area contributed by atoms with Crippen LogP contribution in [0.15, 0.2) is 36.5 Å². The maximum atomic E-state index is 13.2. The summed E-state index contributed by atoms with van der Waals surface area (Å²) < 4.78 is 60.4. The van der Waals surface area contributed by atoms with E-state index in [4.69, 9.17) is 5.73 Å². The summed E-state index contributed by atoms with van der Waals surface area (Å²) in [6.07, 6.45) is -8.29. The molecule has 2 aromatic rings. The first-order valence-corrected chi connectivity index (χ1v) is 6.49. The Labute approximate surface area is 132 Å². The molecule has 0 saturated heterocycles. The molecule has 2 heterocycles. The second kappa shape index (κ2) is 5.25. The number of hydrogen-bond donors (Lipinski definition) is 2. The van der Waals surface area contributed by atoms with Gasteiger partial charge in [0.25, 0.3) is 5.91 Å². The van der Waals surface area contributed by atoms with Gasteiger partial charge in [-0.05, 0) is 24.3 Å². The van der Waals surface area contributed by atoms with E-state index in [2.05, 4.69) is 19.8 Å². The van der Waals surface area contributed by atoms with Crippen molar-refractivity contribution in [3.63, 3.8) is 0 Å². The molecular formula is C14H9F4N3O3. The van der Waals surface area contributed by atoms with Crippen LogP contribution in [-0.2, 0) is 0 Å². The van der Waals surface area contributed by atoms with Crippen molar-refractivity contribution in [2.45, 2.75) is 12.2 Å². The molecule has 3 N–H and O–H groups in total. The Morgan fingerprint density at radius 3 is 2.42 bits per heavy atom. The summed E-state index contributed by atoms with van der Waals surface area (Å²) in [6.45, 7) is 0. The molecule has 1 aliphatic heterocycles. The number of nitrogens with zero attached hydrogens (tertiary/aromatic N) is 1. The van der Waals surface area contributed by atoms with Crippen molar-refractivity contribution in [1.29, 1.82) is 0 Å². The quantitative estimate of drug-likeness (QED) is 0.819. The van der Waals surface area contributed by atoms with Crippen molar-refractivity contribution in [1.82, 2.24) is 4.98 Å². The standard InChI is InChI=1S/C14H9F4N3O3/c15-13(16)14(17,18)24-10-6-7(3-4-9(10)23-13)21-12(22)11-8(19)2-1-5-20-11/h1-6H,19H2,(H,21,22). The Bertz CT molecular complexity index is 814. The van der Waals surface area contributed by atoms with Gasteiger partial charge in [0.2, 0.25) is 0 Å². The van der Waals surface area contributed by atoms with E-state index in [0.717, 1.165) is 12.1 Å². The number of ether oxygens (including phenoxy) is 2. The Balaban J connectivity index is 1.85. The van der Waals surface area contributed by atoms with E-state index in [1.165, 1.54) is 24.4 Å². The van der Waals surface area contributed by atoms with Gasteiger partial charge >= 0.3 is 12.2 Å². The molecule has 10 heteroatoms. The van der Waals surface area contributed by atoms with Crippen LogP contribution in [0, 0.1) is 0 Å². The zero-order valence-corrected chi connectivity index (χ0v) is 11.7. The average molecular weight is 343 g/mol. The van der Waals surface area contributed by atoms with Gasteiger partial charge < -0.3 is 20.5 Å². The molecule has 1 aromatic heterocycles. The summed E-state index contributed by atoms with van der Waals surface area (Å²) in [5.74, 6) is -1.93. The lowest BCUT2D eigenvalue weighted by Gasteiger charge is -2.31. The van der Waals surface area contributed by atoms with Gasteiger partial charge in [-0.15, -0.1) is 0 Å². The Kier molecular flexibility index (Phi) is 3.47. The third-order valence-corrected chi connectivity index (χ3v) is 3.07. The van der Waals surface area contributed by atoms with Crippen LogP contribution in [0.5, 0.6) is 11.5 Å². The van der Waals surface area contributed by atoms with E-state index in [1.54, 1.807) is 0 Å². The highest BCUT2D eigenvalue weighted by Gasteiger charge is 2.65. The van der Waals surface area contributed by atoms with Gasteiger partial charge in [0.15, 0.2) is 17.2 Å². The number of anilines is 2. The van der Waals surface area contributed by atoms with Crippen molar-refractivity contribution in [2.75, 3.05) is 11.1 Å². The lowest BCUT2D eigenvalue weighted by Crippen LogP contribution is -2.52. The Morgan fingerprint density at radius 1 is 1.08 bits per heavy atom. The van der Waals surface area contributed by atoms with Gasteiger partial charge in [-0.25, -0.2) is 4.98 Å². The van der Waals surface area contributed by atoms with E-state index in [1.807, 2.05) is 0 Å². The molecule has 0 atom stereocenters. The molecule has 1 aliphatic rings. The zero-order chi connectivity index (χ0) is 17.5. The topological polar surface area (TPSA) is 86.5 Å². The van der Waals surface area contributed by atoms with Gasteiger partial charge in [-0.2, -0.15) is 17.6 Å². The number of rotatable bonds is 2. The van der Waals surface area contributed by atoms with Gasteiger partial charge in [0.05, 0.1) is 5.69 Å². The number of alkyl halides is 4. The van der Waals surface area contributed by atoms with Crippen molar-refractivity contribution in [2.24, 2.45) is 0 Å². The smallest absolute Gasteiger partial charge is 0.421 e. The summed E-state index contributed by atoms with van der Waals surface area (Å²) in [6, 6.07) is 6.05. The minimum atomic E-state index is -4.84. The normalized spacial score (nSPS) is 17.2. The second-order valence-electron chi connectivity index (χ2n) is 4.79. The molecule has 126 valence electrons. The highest BCUT2D eigenvalue weighted by molar-refractivity contribution is 6.06. The van der Waals surface area contributed by atoms with Crippen molar-refractivity contribution in [3.05, 3.63) is 42.2 Å². The molecule has 0 saturated carbocycles. The molecule has 24 heavy (non-hydrogen) atoms. The third-order valence-electron chi connectivity index (χ3n) is 3.07. The number of nitrogens with one attached hydrogen (secondary N) is 1. The number of nitrogen functional groups attached to an aromatic ring is 1. The van der Waals surface area contributed by atoms with E-state index in [-0.39, 0.29) is 17.1 Å². The predicted octanol–water partition coefficient (Wildman–Crippen LogP) is 2.87. The first-order valence-electron chi connectivity index (χ1n) is 6.49. The molecule has 3 rings (SSSR count). The Hall–Kier alpha value is -3.04. The first kappa shape index (κ1) is 15.8. The number of benzene rings is 1. The Morgan fingerprint density at radius 2 is 1.75 bits per heavy atom. The van der Waals surface area contributed by atoms with Gasteiger partial charge in [-0.3, -0.25) is 4.79 Å². The van der Waals surface area contributed by atoms with Crippen molar-refractivity contribution < 1.29 is 31.8 Å². The van der Waals surface area contributed by atoms with Gasteiger partial charge in [0.1, 0.15) is 0 Å². The molecule has 1 amide bonds. The molecule has 0 radical (unpaired) electrons. The average Bonchev–Trinajstić information content (AvgIpc) is 2.48. The van der Waals surface area contributed by atoms with E-state index in [0.29, 0.717) is 0 Å². The summed E-state index contributed by atoms with van der Waals surface area (Å²) in [4.78, 5) is 15.8. The highest BCUT2D eigenvalue weighted by Crippen LogP contribution is 2.47.